The number of fused-ring (bicyclic) bond motifs is 2. The van der Waals surface area contributed by atoms with Gasteiger partial charge in [0.05, 0.1) is 6.42 Å². The van der Waals surface area contributed by atoms with Crippen molar-refractivity contribution >= 4 is 5.97 Å². The van der Waals surface area contributed by atoms with Gasteiger partial charge in [0.25, 0.3) is 0 Å². The van der Waals surface area contributed by atoms with Gasteiger partial charge in [0.2, 0.25) is 0 Å². The van der Waals surface area contributed by atoms with Crippen LogP contribution in [0.1, 0.15) is 40.2 Å². The van der Waals surface area contributed by atoms with Gasteiger partial charge in [0.1, 0.15) is 5.75 Å². The number of esters is 1. The van der Waals surface area contributed by atoms with E-state index in [1.807, 2.05) is 67.6 Å². The zero-order valence-electron chi connectivity index (χ0n) is 15.2. The first kappa shape index (κ1) is 17.1. The molecule has 0 fully saturated rings. The molecule has 1 atom stereocenters. The molecule has 0 amide bonds. The molecule has 0 saturated carbocycles. The minimum Gasteiger partial charge on any atom is -0.427 e. The van der Waals surface area contributed by atoms with E-state index in [1.165, 1.54) is 5.56 Å². The van der Waals surface area contributed by atoms with Crippen LogP contribution in [0.5, 0.6) is 5.75 Å². The van der Waals surface area contributed by atoms with Gasteiger partial charge >= 0.3 is 5.97 Å². The van der Waals surface area contributed by atoms with Crippen molar-refractivity contribution in [3.63, 3.8) is 0 Å². The first-order valence-corrected chi connectivity index (χ1v) is 9.15. The summed E-state index contributed by atoms with van der Waals surface area (Å²) in [6.45, 7) is 2.01. The Morgan fingerprint density at radius 3 is 2.41 bits per heavy atom. The molecular formula is C25H20O2. The molecule has 2 heteroatoms. The Labute approximate surface area is 159 Å². The third kappa shape index (κ3) is 3.93. The summed E-state index contributed by atoms with van der Waals surface area (Å²) in [6, 6.07) is 23.8. The highest BCUT2D eigenvalue weighted by Crippen LogP contribution is 2.30. The Kier molecular flexibility index (Phi) is 4.77. The van der Waals surface area contributed by atoms with Crippen LogP contribution >= 0.6 is 0 Å². The van der Waals surface area contributed by atoms with Crippen LogP contribution in [0.15, 0.2) is 72.8 Å². The Bertz CT molecular complexity index is 1040. The van der Waals surface area contributed by atoms with Crippen LogP contribution in [0.25, 0.3) is 0 Å². The van der Waals surface area contributed by atoms with Crippen molar-refractivity contribution in [1.29, 1.82) is 0 Å². The second-order valence-electron chi connectivity index (χ2n) is 6.89. The summed E-state index contributed by atoms with van der Waals surface area (Å²) >= 11 is 0. The third-order valence-corrected chi connectivity index (χ3v) is 4.88. The van der Waals surface area contributed by atoms with Gasteiger partial charge in [-0.2, -0.15) is 0 Å². The van der Waals surface area contributed by atoms with E-state index in [-0.39, 0.29) is 11.9 Å². The molecule has 4 rings (SSSR count). The molecule has 0 heterocycles. The molecule has 0 bridgehead atoms. The number of hydrogen-bond acceptors (Lipinski definition) is 2. The molecule has 27 heavy (non-hydrogen) atoms. The van der Waals surface area contributed by atoms with Crippen LogP contribution in [0, 0.1) is 18.8 Å². The normalized spacial score (nSPS) is 14.6. The smallest absolute Gasteiger partial charge is 0.311 e. The summed E-state index contributed by atoms with van der Waals surface area (Å²) in [5.74, 6) is 6.96. The monoisotopic (exact) mass is 352 g/mol. The lowest BCUT2D eigenvalue weighted by molar-refractivity contribution is -0.134. The summed E-state index contributed by atoms with van der Waals surface area (Å²) < 4.78 is 5.57. The Balaban J connectivity index is 1.62. The molecule has 3 aromatic rings. The van der Waals surface area contributed by atoms with Gasteiger partial charge in [-0.15, -0.1) is 0 Å². The molecule has 2 nitrogen and oxygen atoms in total. The molecule has 3 aromatic carbocycles. The molecule has 0 aliphatic heterocycles. The van der Waals surface area contributed by atoms with Crippen LogP contribution in [0.4, 0.5) is 0 Å². The number of carbonyl (C=O) groups excluding carboxylic acids is 1. The summed E-state index contributed by atoms with van der Waals surface area (Å²) in [6.07, 6.45) is 1.09. The minimum atomic E-state index is -0.218. The van der Waals surface area contributed by atoms with Crippen molar-refractivity contribution in [2.45, 2.75) is 25.7 Å². The fourth-order valence-corrected chi connectivity index (χ4v) is 3.46. The van der Waals surface area contributed by atoms with Gasteiger partial charge in [0, 0.05) is 11.1 Å². The Hall–Kier alpha value is -3.31. The molecule has 0 aromatic heterocycles. The van der Waals surface area contributed by atoms with Crippen molar-refractivity contribution in [3.8, 4) is 17.6 Å². The second kappa shape index (κ2) is 7.51. The topological polar surface area (TPSA) is 26.3 Å². The Morgan fingerprint density at radius 1 is 0.926 bits per heavy atom. The van der Waals surface area contributed by atoms with Crippen molar-refractivity contribution in [2.24, 2.45) is 0 Å². The number of rotatable bonds is 3. The van der Waals surface area contributed by atoms with Gasteiger partial charge in [-0.3, -0.25) is 4.79 Å². The summed E-state index contributed by atoms with van der Waals surface area (Å²) in [7, 11) is 0. The lowest BCUT2D eigenvalue weighted by atomic mass is 9.84. The van der Waals surface area contributed by atoms with Gasteiger partial charge in [-0.05, 0) is 54.7 Å². The number of hydrogen-bond donors (Lipinski definition) is 0. The van der Waals surface area contributed by atoms with Crippen LogP contribution in [0.2, 0.25) is 0 Å². The van der Waals surface area contributed by atoms with Crippen LogP contribution in [-0.2, 0) is 11.2 Å². The predicted octanol–water partition coefficient (Wildman–Crippen LogP) is 5.03. The Morgan fingerprint density at radius 2 is 1.59 bits per heavy atom. The molecule has 0 N–H and O–H groups in total. The van der Waals surface area contributed by atoms with Crippen molar-refractivity contribution in [2.75, 3.05) is 0 Å². The fourth-order valence-electron chi connectivity index (χ4n) is 3.46. The maximum Gasteiger partial charge on any atom is 0.311 e. The first-order valence-electron chi connectivity index (χ1n) is 9.15. The van der Waals surface area contributed by atoms with E-state index in [2.05, 4.69) is 24.0 Å². The molecule has 0 saturated heterocycles. The lowest BCUT2D eigenvalue weighted by Gasteiger charge is -2.20. The van der Waals surface area contributed by atoms with Crippen molar-refractivity contribution < 1.29 is 9.53 Å². The van der Waals surface area contributed by atoms with E-state index in [1.54, 1.807) is 0 Å². The number of carbonyl (C=O) groups is 1. The average Bonchev–Trinajstić information content (AvgIpc) is 2.67. The van der Waals surface area contributed by atoms with Crippen molar-refractivity contribution in [1.82, 2.24) is 0 Å². The molecule has 1 unspecified atom stereocenters. The molecule has 132 valence electrons. The van der Waals surface area contributed by atoms with E-state index in [0.717, 1.165) is 28.7 Å². The number of benzene rings is 3. The zero-order valence-corrected chi connectivity index (χ0v) is 15.2. The third-order valence-electron chi connectivity index (χ3n) is 4.88. The van der Waals surface area contributed by atoms with Gasteiger partial charge in [0.15, 0.2) is 0 Å². The summed E-state index contributed by atoms with van der Waals surface area (Å²) in [5.41, 5.74) is 5.44. The molecule has 1 aliphatic rings. The van der Waals surface area contributed by atoms with Crippen LogP contribution in [-0.4, -0.2) is 5.97 Å². The molecule has 0 spiro atoms. The maximum absolute atomic E-state index is 12.6. The maximum atomic E-state index is 12.6. The fraction of sp³-hybridized carbons (Fsp3) is 0.160. The minimum absolute atomic E-state index is 0.0369. The zero-order chi connectivity index (χ0) is 18.6. The largest absolute Gasteiger partial charge is 0.427 e. The standard InChI is InChI=1S/C25H20O2/c1-18-10-14-23(15-11-18)27-25(26)17-22-16-21-8-3-2-6-19(21)12-13-20-7-4-5-9-24(20)22/h2-11,14-15,22H,16-17H2,1H3. The summed E-state index contributed by atoms with van der Waals surface area (Å²) in [4.78, 5) is 12.6. The van der Waals surface area contributed by atoms with E-state index in [9.17, 15) is 4.79 Å². The van der Waals surface area contributed by atoms with E-state index < -0.39 is 0 Å². The second-order valence-corrected chi connectivity index (χ2v) is 6.89. The van der Waals surface area contributed by atoms with E-state index in [4.69, 9.17) is 4.74 Å². The lowest BCUT2D eigenvalue weighted by Crippen LogP contribution is -2.17. The highest BCUT2D eigenvalue weighted by Gasteiger charge is 2.22. The molecular weight excluding hydrogens is 332 g/mol. The predicted molar refractivity (Wildman–Crippen MR) is 107 cm³/mol. The first-order chi connectivity index (χ1) is 13.2. The highest BCUT2D eigenvalue weighted by molar-refractivity contribution is 5.74. The SMILES string of the molecule is Cc1ccc(OC(=O)CC2Cc3ccccc3C#Cc3ccccc32)cc1. The van der Waals surface area contributed by atoms with Crippen LogP contribution in [0.3, 0.4) is 0 Å². The highest BCUT2D eigenvalue weighted by atomic mass is 16.5. The van der Waals surface area contributed by atoms with Crippen LogP contribution < -0.4 is 4.74 Å². The summed E-state index contributed by atoms with van der Waals surface area (Å²) in [5, 5.41) is 0. The van der Waals surface area contributed by atoms with Crippen molar-refractivity contribution in [3.05, 3.63) is 101 Å². The average molecular weight is 352 g/mol. The molecule has 1 aliphatic carbocycles. The molecule has 0 radical (unpaired) electrons. The van der Waals surface area contributed by atoms with E-state index >= 15 is 0 Å². The van der Waals surface area contributed by atoms with E-state index in [0.29, 0.717) is 12.2 Å². The number of aryl methyl sites for hydroxylation is 1. The number of ether oxygens (including phenoxy) is 1. The van der Waals surface area contributed by atoms with Gasteiger partial charge in [-0.1, -0.05) is 65.9 Å². The van der Waals surface area contributed by atoms with Gasteiger partial charge < -0.3 is 4.74 Å². The quantitative estimate of drug-likeness (QED) is 0.375. The van der Waals surface area contributed by atoms with Gasteiger partial charge in [-0.25, -0.2) is 0 Å².